The molecule has 38 heteroatoms. The lowest BCUT2D eigenvalue weighted by Crippen LogP contribution is -2.67. The van der Waals surface area contributed by atoms with Crippen molar-refractivity contribution < 1.29 is 87.1 Å². The zero-order valence-corrected chi connectivity index (χ0v) is 68.2. The fraction of sp³-hybridized carbons (Fsp3) is 0.506. The van der Waals surface area contributed by atoms with Crippen LogP contribution in [0, 0.1) is 19.7 Å². The molecule has 0 aliphatic carbocycles. The maximum Gasteiger partial charge on any atom is 0.305 e. The van der Waals surface area contributed by atoms with Crippen molar-refractivity contribution in [2.45, 2.75) is 237 Å². The Labute approximate surface area is 688 Å². The molecule has 119 heavy (non-hydrogen) atoms. The maximum absolute atomic E-state index is 15.6. The number of aromatic amines is 2. The number of aryl methyl sites for hydroxylation is 5. The normalized spacial score (nSPS) is 14.0. The number of carbonyl (C=O) groups is 12. The van der Waals surface area contributed by atoms with E-state index in [0.717, 1.165) is 104 Å². The number of benzene rings is 4. The number of carboxylic acid groups (broad SMARTS) is 1. The third-order valence-corrected chi connectivity index (χ3v) is 19.5. The fourth-order valence-corrected chi connectivity index (χ4v) is 13.1. The largest absolute Gasteiger partial charge is 0.494 e. The zero-order chi connectivity index (χ0) is 87.4. The van der Waals surface area contributed by atoms with Crippen LogP contribution in [0.25, 0.3) is 21.6 Å². The lowest BCUT2D eigenvalue weighted by atomic mass is 9.90. The first-order valence-electron chi connectivity index (χ1n) is 39.5. The van der Waals surface area contributed by atoms with Gasteiger partial charge in [-0.15, -0.1) is 10.2 Å². The van der Waals surface area contributed by atoms with Gasteiger partial charge in [0.25, 0.3) is 0 Å². The summed E-state index contributed by atoms with van der Waals surface area (Å²) in [6.07, 6.45) is 6.31. The summed E-state index contributed by atoms with van der Waals surface area (Å²) in [5.74, 6) is -13.8. The molecule has 2 heterocycles. The summed E-state index contributed by atoms with van der Waals surface area (Å²) in [4.78, 5) is 176. The van der Waals surface area contributed by atoms with Crippen molar-refractivity contribution in [1.29, 1.82) is 0 Å². The Bertz CT molecular complexity index is 4430. The van der Waals surface area contributed by atoms with Crippen LogP contribution in [0.2, 0.25) is 0 Å². The zero-order valence-electron chi connectivity index (χ0n) is 68.2. The molecule has 2 aromatic heterocycles. The molecule has 644 valence electrons. The number of aliphatic carboxylic acids is 1. The number of H-pyrrole nitrogens is 2. The van der Waals surface area contributed by atoms with Crippen LogP contribution in [-0.4, -0.2) is 214 Å². The number of aromatic nitrogens is 6. The average Bonchev–Trinajstić information content (AvgIpc) is 1.09. The number of hydrogen-bond donors (Lipinski definition) is 17. The number of tetrazole rings is 1. The van der Waals surface area contributed by atoms with Crippen LogP contribution in [0.5, 0.6) is 5.75 Å². The summed E-state index contributed by atoms with van der Waals surface area (Å²) in [6, 6.07) is 10.9. The molecule has 6 aromatic rings. The molecule has 0 aliphatic heterocycles. The second-order valence-corrected chi connectivity index (χ2v) is 30.1. The maximum atomic E-state index is 15.6. The molecule has 0 saturated heterocycles. The second-order valence-electron chi connectivity index (χ2n) is 30.1. The molecule has 0 radical (unpaired) electrons. The van der Waals surface area contributed by atoms with Crippen molar-refractivity contribution in [3.05, 3.63) is 159 Å². The highest BCUT2D eigenvalue weighted by atomic mass is 19.1. The minimum absolute atomic E-state index is 0.0388. The summed E-state index contributed by atoms with van der Waals surface area (Å²) in [5, 5.41) is 83.8. The van der Waals surface area contributed by atoms with Crippen LogP contribution in [0.4, 0.5) is 4.39 Å². The first-order chi connectivity index (χ1) is 56.6. The number of nitrogens with two attached hydrogens (primary N) is 1. The molecule has 11 amide bonds. The highest BCUT2D eigenvalue weighted by Crippen LogP contribution is 2.30. The summed E-state index contributed by atoms with van der Waals surface area (Å²) < 4.78 is 21.5. The molecular weight excluding hydrogens is 1540 g/mol. The number of unbranched alkanes of at least 4 members (excludes halogenated alkanes) is 6. The smallest absolute Gasteiger partial charge is 0.305 e. The van der Waals surface area contributed by atoms with Crippen molar-refractivity contribution >= 4 is 70.9 Å². The lowest BCUT2D eigenvalue weighted by Gasteiger charge is -2.34. The van der Waals surface area contributed by atoms with E-state index in [1.807, 2.05) is 57.2 Å². The molecule has 0 saturated carbocycles. The van der Waals surface area contributed by atoms with E-state index in [1.54, 1.807) is 36.8 Å². The number of amides is 11. The molecule has 4 aromatic carbocycles. The fourth-order valence-electron chi connectivity index (χ4n) is 13.1. The standard InChI is InChI=1S/C81H111FN20O17/c1-9-53-39-57(119-34-19-18-33-88-100-84)31-32-58(53)54-29-27-51(28-30-54)38-61(73(112)89-60(71(83)110)25-20-21-52-36-47(2)35-48(3)37-52)90-74(113)63(41-68(108)109)91-75(114)64(45-103)92-76(115)69(49(4)104)95-79(118)81(8,42-55-22-16-17-24-59(55)82)97-77(116)70(50(5)105)94-67(107)44-86-72(111)62(40-65-98-101-102-99-65)93-78(117)80(6,7)96-66(106)26-15-13-11-10-12-14-23-56-43-85-46-87-56/h16-17,22,24,27-32,35-37,39,43,46,49-50,60-64,69-70,103-105H,9-15,18-21,23,25-26,33-34,38,40-42,44-45H2,1-8H3,(H2,83,110)(H,85,87)(H,86,111)(H,89,112)(H,90,113)(H,91,114)(H,92,115)(H,93,117)(H,94,107)(H,95,118)(H,96,106)(H,97,116)(H,108,109)(H,98,99,101,102)/t49-,50-,60+,61+,62+,63+,64+,69+,70+,81+/m1/s1. The van der Waals surface area contributed by atoms with Crippen LogP contribution < -0.4 is 63.6 Å². The number of nitrogens with one attached hydrogen (secondary N) is 12. The number of aliphatic hydroxyl groups excluding tert-OH is 3. The van der Waals surface area contributed by atoms with Crippen LogP contribution in [0.3, 0.4) is 0 Å². The van der Waals surface area contributed by atoms with Gasteiger partial charge < -0.3 is 89.0 Å². The van der Waals surface area contributed by atoms with Gasteiger partial charge in [0, 0.05) is 49.0 Å². The van der Waals surface area contributed by atoms with E-state index >= 15 is 4.39 Å². The van der Waals surface area contributed by atoms with Crippen LogP contribution in [0.1, 0.15) is 163 Å². The predicted octanol–water partition coefficient (Wildman–Crippen LogP) is 2.40. The van der Waals surface area contributed by atoms with Gasteiger partial charge in [-0.1, -0.05) is 121 Å². The minimum Gasteiger partial charge on any atom is -0.494 e. The highest BCUT2D eigenvalue weighted by molar-refractivity contribution is 6.00. The van der Waals surface area contributed by atoms with Crippen LogP contribution in [0.15, 0.2) is 103 Å². The van der Waals surface area contributed by atoms with E-state index < -0.39 is 168 Å². The first-order valence-corrected chi connectivity index (χ1v) is 39.5. The van der Waals surface area contributed by atoms with Gasteiger partial charge in [0.2, 0.25) is 65.0 Å². The Morgan fingerprint density at radius 2 is 1.29 bits per heavy atom. The van der Waals surface area contributed by atoms with E-state index in [0.29, 0.717) is 63.0 Å². The van der Waals surface area contributed by atoms with Crippen molar-refractivity contribution in [1.82, 2.24) is 83.8 Å². The van der Waals surface area contributed by atoms with Crippen molar-refractivity contribution in [2.75, 3.05) is 26.3 Å². The highest BCUT2D eigenvalue weighted by Gasteiger charge is 2.43. The van der Waals surface area contributed by atoms with Crippen LogP contribution >= 0.6 is 0 Å². The van der Waals surface area contributed by atoms with Gasteiger partial charge in [-0.3, -0.25) is 57.5 Å². The van der Waals surface area contributed by atoms with Crippen LogP contribution in [-0.2, 0) is 96.1 Å². The van der Waals surface area contributed by atoms with Crippen molar-refractivity contribution in [3.8, 4) is 16.9 Å². The number of imidazole rings is 1. The number of primary amides is 1. The Morgan fingerprint density at radius 3 is 1.92 bits per heavy atom. The third-order valence-electron chi connectivity index (χ3n) is 19.5. The Hall–Kier alpha value is -12.3. The van der Waals surface area contributed by atoms with Gasteiger partial charge in [-0.25, -0.2) is 9.37 Å². The average molecular weight is 1660 g/mol. The summed E-state index contributed by atoms with van der Waals surface area (Å²) >= 11 is 0. The number of nitrogens with zero attached hydrogens (tertiary/aromatic N) is 7. The molecule has 0 fully saturated rings. The number of azide groups is 1. The number of rotatable bonds is 52. The van der Waals surface area contributed by atoms with E-state index in [9.17, 15) is 78.0 Å². The predicted molar refractivity (Wildman–Crippen MR) is 432 cm³/mol. The summed E-state index contributed by atoms with van der Waals surface area (Å²) in [6.45, 7) is 10.4. The summed E-state index contributed by atoms with van der Waals surface area (Å²) in [5.41, 5.74) is 17.4. The van der Waals surface area contributed by atoms with Gasteiger partial charge in [-0.2, -0.15) is 5.21 Å². The molecule has 37 nitrogen and oxygen atoms in total. The second kappa shape index (κ2) is 47.8. The van der Waals surface area contributed by atoms with E-state index in [2.05, 4.69) is 93.8 Å². The molecule has 10 atom stereocenters. The van der Waals surface area contributed by atoms with Gasteiger partial charge in [-0.05, 0) is 163 Å². The van der Waals surface area contributed by atoms with Crippen molar-refractivity contribution in [2.24, 2.45) is 10.8 Å². The Morgan fingerprint density at radius 1 is 0.647 bits per heavy atom. The van der Waals surface area contributed by atoms with Gasteiger partial charge >= 0.3 is 5.97 Å². The van der Waals surface area contributed by atoms with E-state index in [-0.39, 0.29) is 37.1 Å². The minimum atomic E-state index is -2.40. The Balaban J connectivity index is 1.14. The lowest BCUT2D eigenvalue weighted by molar-refractivity contribution is -0.142. The number of ether oxygens (including phenoxy) is 1. The quantitative estimate of drug-likeness (QED) is 0.0113. The molecule has 0 aliphatic rings. The molecule has 0 spiro atoms. The monoisotopic (exact) mass is 1650 g/mol. The number of hydrogen-bond acceptors (Lipinski definition) is 21. The Kier molecular flexibility index (Phi) is 38.4. The van der Waals surface area contributed by atoms with Gasteiger partial charge in [0.1, 0.15) is 64.9 Å². The SMILES string of the molecule is CCc1cc(OCCCCN=[N+]=[N-])ccc1-c1ccc(C[C@H](NC(=O)[C@H](CC(=O)O)NC(=O)[C@H](CO)NC(=O)[C@@H](NC(=O)[C@](C)(Cc2ccccc2F)NC(=O)[C@@H](NC(=O)CNC(=O)[C@H](Cc2nn[nH]n2)NC(=O)C(C)(C)NC(=O)CCCCCCCCc2cnc[nH]2)[C@@H](C)O)[C@@H](C)O)C(=O)N[C@@H](CCCc2cc(C)cc(C)c2)C(N)=O)cc1. The number of carboxylic acids is 1. The summed E-state index contributed by atoms with van der Waals surface area (Å²) in [7, 11) is 0. The molecule has 0 bridgehead atoms. The molecule has 0 unspecified atom stereocenters. The first kappa shape index (κ1) is 95.6. The number of aliphatic hydroxyl groups is 3. The van der Waals surface area contributed by atoms with Crippen molar-refractivity contribution in [3.63, 3.8) is 0 Å². The van der Waals surface area contributed by atoms with E-state index in [1.165, 1.54) is 32.0 Å². The van der Waals surface area contributed by atoms with Gasteiger partial charge in [0.05, 0.1) is 44.7 Å². The van der Waals surface area contributed by atoms with E-state index in [4.69, 9.17) is 16.0 Å². The topological polar surface area (TPSA) is 573 Å². The number of carbonyl (C=O) groups excluding carboxylic acids is 11. The van der Waals surface area contributed by atoms with Gasteiger partial charge in [0.15, 0.2) is 5.82 Å². The molecular formula is C81H111FN20O17. The number of halogens is 1. The third kappa shape index (κ3) is 31.9. The molecule has 6 rings (SSSR count). The molecule has 18 N–H and O–H groups in total.